The van der Waals surface area contributed by atoms with Crippen molar-refractivity contribution < 1.29 is 18.4 Å². The Balaban J connectivity index is 1.57. The summed E-state index contributed by atoms with van der Waals surface area (Å²) in [5.41, 5.74) is 0.135. The number of halogens is 2. The van der Waals surface area contributed by atoms with Crippen molar-refractivity contribution in [2.75, 3.05) is 25.5 Å². The molecule has 2 aromatic rings. The van der Waals surface area contributed by atoms with Crippen molar-refractivity contribution in [3.05, 3.63) is 42.2 Å². The molecule has 1 aliphatic heterocycles. The Bertz CT molecular complexity index is 931. The molecule has 166 valence electrons. The van der Waals surface area contributed by atoms with Gasteiger partial charge in [-0.1, -0.05) is 20.8 Å². The summed E-state index contributed by atoms with van der Waals surface area (Å²) < 4.78 is 26.8. The Labute approximate surface area is 180 Å². The van der Waals surface area contributed by atoms with Crippen molar-refractivity contribution in [1.29, 1.82) is 0 Å². The van der Waals surface area contributed by atoms with Gasteiger partial charge >= 0.3 is 6.03 Å². The van der Waals surface area contributed by atoms with E-state index >= 15 is 0 Å². The SMILES string of the molecule is CN(C(=O)Nc1cnc(-c2cc(F)cc(F)c2)cn1)C1CCN(C(=O)C(C)(C)C)CC1. The van der Waals surface area contributed by atoms with Crippen LogP contribution >= 0.6 is 0 Å². The highest BCUT2D eigenvalue weighted by Gasteiger charge is 2.32. The molecule has 0 radical (unpaired) electrons. The van der Waals surface area contributed by atoms with Crippen LogP contribution in [0.5, 0.6) is 0 Å². The molecule has 1 aromatic heterocycles. The van der Waals surface area contributed by atoms with Crippen molar-refractivity contribution in [2.24, 2.45) is 5.41 Å². The van der Waals surface area contributed by atoms with Crippen molar-refractivity contribution in [3.63, 3.8) is 0 Å². The zero-order chi connectivity index (χ0) is 22.8. The van der Waals surface area contributed by atoms with E-state index in [1.165, 1.54) is 12.4 Å². The van der Waals surface area contributed by atoms with E-state index in [4.69, 9.17) is 0 Å². The van der Waals surface area contributed by atoms with Crippen molar-refractivity contribution in [3.8, 4) is 11.3 Å². The Morgan fingerprint density at radius 1 is 1.06 bits per heavy atom. The van der Waals surface area contributed by atoms with E-state index in [0.717, 1.165) is 18.2 Å². The third kappa shape index (κ3) is 5.53. The molecule has 0 spiro atoms. The summed E-state index contributed by atoms with van der Waals surface area (Å²) in [7, 11) is 1.71. The average Bonchev–Trinajstić information content (AvgIpc) is 2.72. The number of hydrogen-bond acceptors (Lipinski definition) is 4. The second kappa shape index (κ2) is 8.95. The molecule has 9 heteroatoms. The number of carbonyl (C=O) groups excluding carboxylic acids is 2. The van der Waals surface area contributed by atoms with Crippen LogP contribution in [0.2, 0.25) is 0 Å². The number of urea groups is 1. The van der Waals surface area contributed by atoms with Gasteiger partial charge in [-0.05, 0) is 25.0 Å². The van der Waals surface area contributed by atoms with Gasteiger partial charge < -0.3 is 9.80 Å². The number of benzene rings is 1. The lowest BCUT2D eigenvalue weighted by Gasteiger charge is -2.38. The minimum Gasteiger partial charge on any atom is -0.342 e. The van der Waals surface area contributed by atoms with Crippen LogP contribution in [0, 0.1) is 17.0 Å². The summed E-state index contributed by atoms with van der Waals surface area (Å²) in [6, 6.07) is 2.78. The molecule has 0 saturated carbocycles. The summed E-state index contributed by atoms with van der Waals surface area (Å²) in [6.45, 7) is 6.92. The number of carbonyl (C=O) groups is 2. The highest BCUT2D eigenvalue weighted by molar-refractivity contribution is 5.88. The lowest BCUT2D eigenvalue weighted by atomic mass is 9.93. The minimum absolute atomic E-state index is 0.00604. The van der Waals surface area contributed by atoms with Gasteiger partial charge in [-0.25, -0.2) is 18.6 Å². The van der Waals surface area contributed by atoms with E-state index in [9.17, 15) is 18.4 Å². The number of rotatable bonds is 3. The molecule has 3 rings (SSSR count). The first-order chi connectivity index (χ1) is 14.5. The molecule has 0 bridgehead atoms. The molecule has 3 amide bonds. The number of nitrogens with zero attached hydrogens (tertiary/aromatic N) is 4. The normalized spacial score (nSPS) is 15.0. The molecule has 7 nitrogen and oxygen atoms in total. The lowest BCUT2D eigenvalue weighted by Crippen LogP contribution is -2.50. The van der Waals surface area contributed by atoms with Crippen LogP contribution in [0.1, 0.15) is 33.6 Å². The van der Waals surface area contributed by atoms with Gasteiger partial charge in [-0.2, -0.15) is 0 Å². The highest BCUT2D eigenvalue weighted by atomic mass is 19.1. The number of likely N-dealkylation sites (tertiary alicyclic amines) is 1. The predicted octanol–water partition coefficient (Wildman–Crippen LogP) is 3.92. The van der Waals surface area contributed by atoms with E-state index in [2.05, 4.69) is 15.3 Å². The number of piperidine rings is 1. The highest BCUT2D eigenvalue weighted by Crippen LogP contribution is 2.23. The molecule has 1 aromatic carbocycles. The van der Waals surface area contributed by atoms with Crippen LogP contribution in [-0.4, -0.2) is 57.9 Å². The number of amides is 3. The van der Waals surface area contributed by atoms with E-state index < -0.39 is 17.0 Å². The molecular formula is C22H27F2N5O2. The van der Waals surface area contributed by atoms with E-state index in [1.54, 1.807) is 11.9 Å². The molecule has 0 atom stereocenters. The Morgan fingerprint density at radius 3 is 2.19 bits per heavy atom. The summed E-state index contributed by atoms with van der Waals surface area (Å²) in [4.78, 5) is 36.7. The van der Waals surface area contributed by atoms with Gasteiger partial charge in [0.1, 0.15) is 11.6 Å². The third-order valence-electron chi connectivity index (χ3n) is 5.31. The third-order valence-corrected chi connectivity index (χ3v) is 5.31. The zero-order valence-electron chi connectivity index (χ0n) is 18.2. The first-order valence-electron chi connectivity index (χ1n) is 10.2. The first kappa shape index (κ1) is 22.6. The molecule has 1 fully saturated rings. The zero-order valence-corrected chi connectivity index (χ0v) is 18.2. The Kier molecular flexibility index (Phi) is 6.52. The Hall–Kier alpha value is -3.10. The molecule has 1 aliphatic rings. The van der Waals surface area contributed by atoms with Gasteiger partial charge in [0, 0.05) is 43.2 Å². The maximum Gasteiger partial charge on any atom is 0.323 e. The van der Waals surface area contributed by atoms with Crippen LogP contribution in [0.15, 0.2) is 30.6 Å². The van der Waals surface area contributed by atoms with Crippen LogP contribution in [0.3, 0.4) is 0 Å². The predicted molar refractivity (Wildman–Crippen MR) is 113 cm³/mol. The number of aromatic nitrogens is 2. The van der Waals surface area contributed by atoms with E-state index in [0.29, 0.717) is 31.6 Å². The molecule has 1 N–H and O–H groups in total. The summed E-state index contributed by atoms with van der Waals surface area (Å²) >= 11 is 0. The van der Waals surface area contributed by atoms with Crippen LogP contribution in [0.25, 0.3) is 11.3 Å². The van der Waals surface area contributed by atoms with Gasteiger partial charge in [-0.15, -0.1) is 0 Å². The molecule has 0 unspecified atom stereocenters. The fourth-order valence-electron chi connectivity index (χ4n) is 3.54. The van der Waals surface area contributed by atoms with Gasteiger partial charge in [0.2, 0.25) is 5.91 Å². The monoisotopic (exact) mass is 431 g/mol. The number of hydrogen-bond donors (Lipinski definition) is 1. The maximum atomic E-state index is 13.4. The molecule has 0 aliphatic carbocycles. The van der Waals surface area contributed by atoms with Crippen LogP contribution < -0.4 is 5.32 Å². The van der Waals surface area contributed by atoms with Gasteiger partial charge in [0.05, 0.1) is 18.1 Å². The molecule has 31 heavy (non-hydrogen) atoms. The van der Waals surface area contributed by atoms with E-state index in [1.807, 2.05) is 25.7 Å². The molecular weight excluding hydrogens is 404 g/mol. The summed E-state index contributed by atoms with van der Waals surface area (Å²) in [6.07, 6.45) is 4.08. The topological polar surface area (TPSA) is 78.4 Å². The number of nitrogens with one attached hydrogen (secondary N) is 1. The minimum atomic E-state index is -0.703. The van der Waals surface area contributed by atoms with Crippen molar-refractivity contribution in [1.82, 2.24) is 19.8 Å². The molecule has 2 heterocycles. The number of anilines is 1. The standard InChI is InChI=1S/C22H27F2N5O2/c1-22(2,3)20(30)29-7-5-17(6-8-29)28(4)21(31)27-19-13-25-18(12-26-19)14-9-15(23)11-16(24)10-14/h9-13,17H,5-8H2,1-4H3,(H,26,27,31). The van der Waals surface area contributed by atoms with Crippen LogP contribution in [-0.2, 0) is 4.79 Å². The van der Waals surface area contributed by atoms with Crippen molar-refractivity contribution >= 4 is 17.8 Å². The van der Waals surface area contributed by atoms with Gasteiger partial charge in [0.25, 0.3) is 0 Å². The van der Waals surface area contributed by atoms with Crippen molar-refractivity contribution in [2.45, 2.75) is 39.7 Å². The first-order valence-corrected chi connectivity index (χ1v) is 10.2. The van der Waals surface area contributed by atoms with Gasteiger partial charge in [0.15, 0.2) is 5.82 Å². The Morgan fingerprint density at radius 2 is 1.68 bits per heavy atom. The second-order valence-electron chi connectivity index (χ2n) is 8.76. The lowest BCUT2D eigenvalue weighted by molar-refractivity contribution is -0.140. The quantitative estimate of drug-likeness (QED) is 0.799. The fourth-order valence-corrected chi connectivity index (χ4v) is 3.54. The summed E-state index contributed by atoms with van der Waals surface area (Å²) in [5, 5.41) is 2.68. The summed E-state index contributed by atoms with van der Waals surface area (Å²) in [5.74, 6) is -1.05. The largest absolute Gasteiger partial charge is 0.342 e. The van der Waals surface area contributed by atoms with Gasteiger partial charge in [-0.3, -0.25) is 15.1 Å². The second-order valence-corrected chi connectivity index (χ2v) is 8.76. The average molecular weight is 431 g/mol. The molecule has 1 saturated heterocycles. The smallest absolute Gasteiger partial charge is 0.323 e. The van der Waals surface area contributed by atoms with Crippen LogP contribution in [0.4, 0.5) is 19.4 Å². The fraction of sp³-hybridized carbons (Fsp3) is 0.455. The maximum absolute atomic E-state index is 13.4. The van der Waals surface area contributed by atoms with E-state index in [-0.39, 0.29) is 29.4 Å².